The molecule has 8 heteroatoms. The van der Waals surface area contributed by atoms with Crippen LogP contribution in [-0.4, -0.2) is 68.9 Å². The second-order valence-electron chi connectivity index (χ2n) is 7.35. The van der Waals surface area contributed by atoms with Gasteiger partial charge in [-0.2, -0.15) is 0 Å². The van der Waals surface area contributed by atoms with Gasteiger partial charge in [-0.1, -0.05) is 0 Å². The van der Waals surface area contributed by atoms with Gasteiger partial charge in [0.2, 0.25) is 0 Å². The summed E-state index contributed by atoms with van der Waals surface area (Å²) in [4.78, 5) is 9.26. The molecule has 26 heavy (non-hydrogen) atoms. The van der Waals surface area contributed by atoms with E-state index >= 15 is 0 Å². The monoisotopic (exact) mass is 360 g/mol. The fourth-order valence-corrected chi connectivity index (χ4v) is 3.95. The molecule has 2 aromatic heterocycles. The highest BCUT2D eigenvalue weighted by molar-refractivity contribution is 5.05. The Labute approximate surface area is 154 Å². The SMILES string of the molecule is Cc1nc(CN2CCC[C@@H](c3nnc(CN4CCOCC4)n3C)C2)co1. The first kappa shape index (κ1) is 17.6. The van der Waals surface area contributed by atoms with E-state index in [0.717, 1.165) is 82.1 Å². The first-order chi connectivity index (χ1) is 12.7. The van der Waals surface area contributed by atoms with Gasteiger partial charge in [0.1, 0.15) is 17.9 Å². The van der Waals surface area contributed by atoms with Gasteiger partial charge in [0.25, 0.3) is 0 Å². The van der Waals surface area contributed by atoms with E-state index in [1.165, 1.54) is 6.42 Å². The predicted molar refractivity (Wildman–Crippen MR) is 95.6 cm³/mol. The summed E-state index contributed by atoms with van der Waals surface area (Å²) in [6.45, 7) is 9.23. The molecule has 4 heterocycles. The van der Waals surface area contributed by atoms with Gasteiger partial charge in [-0.25, -0.2) is 4.98 Å². The quantitative estimate of drug-likeness (QED) is 0.796. The lowest BCUT2D eigenvalue weighted by atomic mass is 9.97. The average molecular weight is 360 g/mol. The first-order valence-electron chi connectivity index (χ1n) is 9.50. The van der Waals surface area contributed by atoms with Gasteiger partial charge in [-0.15, -0.1) is 10.2 Å². The number of hydrogen-bond acceptors (Lipinski definition) is 7. The third kappa shape index (κ3) is 3.97. The fraction of sp³-hybridized carbons (Fsp3) is 0.722. The Bertz CT molecular complexity index is 721. The number of oxazole rings is 1. The number of aromatic nitrogens is 4. The number of ether oxygens (including phenoxy) is 1. The summed E-state index contributed by atoms with van der Waals surface area (Å²) in [5.41, 5.74) is 1.01. The predicted octanol–water partition coefficient (Wildman–Crippen LogP) is 1.32. The molecule has 0 spiro atoms. The Morgan fingerprint density at radius 2 is 1.96 bits per heavy atom. The summed E-state index contributed by atoms with van der Waals surface area (Å²) < 4.78 is 13.0. The zero-order valence-electron chi connectivity index (χ0n) is 15.7. The third-order valence-electron chi connectivity index (χ3n) is 5.39. The smallest absolute Gasteiger partial charge is 0.191 e. The number of rotatable bonds is 5. The van der Waals surface area contributed by atoms with Crippen LogP contribution >= 0.6 is 0 Å². The summed E-state index contributed by atoms with van der Waals surface area (Å²) in [5, 5.41) is 9.03. The molecule has 0 aromatic carbocycles. The van der Waals surface area contributed by atoms with Gasteiger partial charge in [-0.05, 0) is 19.4 Å². The Morgan fingerprint density at radius 3 is 2.73 bits per heavy atom. The standard InChI is InChI=1S/C18H28N6O2/c1-14-19-16(13-26-14)11-24-5-3-4-15(10-24)18-21-20-17(22(18)2)12-23-6-8-25-9-7-23/h13,15H,3-12H2,1-2H3/t15-/m1/s1. The molecule has 0 N–H and O–H groups in total. The van der Waals surface area contributed by atoms with Gasteiger partial charge in [0, 0.05) is 46.1 Å². The highest BCUT2D eigenvalue weighted by Crippen LogP contribution is 2.27. The van der Waals surface area contributed by atoms with Crippen molar-refractivity contribution >= 4 is 0 Å². The Morgan fingerprint density at radius 1 is 1.12 bits per heavy atom. The zero-order chi connectivity index (χ0) is 17.9. The Hall–Kier alpha value is -1.77. The number of hydrogen-bond donors (Lipinski definition) is 0. The Balaban J connectivity index is 1.40. The number of nitrogens with zero attached hydrogens (tertiary/aromatic N) is 6. The average Bonchev–Trinajstić information content (AvgIpc) is 3.22. The molecule has 0 aliphatic carbocycles. The molecule has 0 unspecified atom stereocenters. The Kier molecular flexibility index (Phi) is 5.33. The molecule has 2 aliphatic heterocycles. The molecule has 1 atom stereocenters. The highest BCUT2D eigenvalue weighted by Gasteiger charge is 2.27. The number of likely N-dealkylation sites (tertiary alicyclic amines) is 1. The number of morpholine rings is 1. The van der Waals surface area contributed by atoms with Crippen LogP contribution in [-0.2, 0) is 24.9 Å². The van der Waals surface area contributed by atoms with Crippen molar-refractivity contribution < 1.29 is 9.15 Å². The van der Waals surface area contributed by atoms with Crippen LogP contribution in [0.25, 0.3) is 0 Å². The molecule has 2 saturated heterocycles. The van der Waals surface area contributed by atoms with E-state index in [2.05, 4.69) is 36.6 Å². The lowest BCUT2D eigenvalue weighted by molar-refractivity contribution is 0.0326. The van der Waals surface area contributed by atoms with Crippen LogP contribution in [0.3, 0.4) is 0 Å². The van der Waals surface area contributed by atoms with Gasteiger partial charge < -0.3 is 13.7 Å². The van der Waals surface area contributed by atoms with E-state index in [-0.39, 0.29) is 0 Å². The summed E-state index contributed by atoms with van der Waals surface area (Å²) in [6.07, 6.45) is 4.10. The van der Waals surface area contributed by atoms with Crippen LogP contribution in [0.1, 0.15) is 42.0 Å². The summed E-state index contributed by atoms with van der Waals surface area (Å²) in [5.74, 6) is 3.31. The van der Waals surface area contributed by atoms with Crippen molar-refractivity contribution in [2.24, 2.45) is 7.05 Å². The van der Waals surface area contributed by atoms with Crippen molar-refractivity contribution in [3.63, 3.8) is 0 Å². The summed E-state index contributed by atoms with van der Waals surface area (Å²) >= 11 is 0. The first-order valence-corrected chi connectivity index (χ1v) is 9.50. The van der Waals surface area contributed by atoms with Crippen LogP contribution in [0, 0.1) is 6.92 Å². The minimum Gasteiger partial charge on any atom is -0.449 e. The molecular weight excluding hydrogens is 332 g/mol. The molecule has 2 aliphatic rings. The maximum absolute atomic E-state index is 5.43. The number of aryl methyl sites for hydroxylation is 1. The van der Waals surface area contributed by atoms with E-state index in [9.17, 15) is 0 Å². The van der Waals surface area contributed by atoms with Crippen molar-refractivity contribution in [3.05, 3.63) is 29.5 Å². The lowest BCUT2D eigenvalue weighted by Crippen LogP contribution is -2.36. The second-order valence-corrected chi connectivity index (χ2v) is 7.35. The molecule has 4 rings (SSSR count). The molecule has 2 fully saturated rings. The van der Waals surface area contributed by atoms with Crippen LogP contribution < -0.4 is 0 Å². The van der Waals surface area contributed by atoms with Gasteiger partial charge >= 0.3 is 0 Å². The van der Waals surface area contributed by atoms with E-state index in [1.807, 2.05) is 6.92 Å². The summed E-state index contributed by atoms with van der Waals surface area (Å²) in [7, 11) is 2.10. The molecule has 0 saturated carbocycles. The van der Waals surface area contributed by atoms with Crippen LogP contribution in [0.15, 0.2) is 10.7 Å². The molecule has 142 valence electrons. The molecule has 0 amide bonds. The van der Waals surface area contributed by atoms with Gasteiger partial charge in [-0.3, -0.25) is 9.80 Å². The molecule has 8 nitrogen and oxygen atoms in total. The zero-order valence-corrected chi connectivity index (χ0v) is 15.7. The molecular formula is C18H28N6O2. The molecule has 0 bridgehead atoms. The van der Waals surface area contributed by atoms with E-state index in [0.29, 0.717) is 5.92 Å². The fourth-order valence-electron chi connectivity index (χ4n) is 3.95. The minimum absolute atomic E-state index is 0.424. The van der Waals surface area contributed by atoms with Crippen LogP contribution in [0.4, 0.5) is 0 Å². The van der Waals surface area contributed by atoms with Crippen molar-refractivity contribution in [1.82, 2.24) is 29.5 Å². The van der Waals surface area contributed by atoms with Gasteiger partial charge in [0.05, 0.1) is 25.5 Å². The largest absolute Gasteiger partial charge is 0.449 e. The topological polar surface area (TPSA) is 72.5 Å². The lowest BCUT2D eigenvalue weighted by Gasteiger charge is -2.31. The van der Waals surface area contributed by atoms with Crippen LogP contribution in [0.2, 0.25) is 0 Å². The van der Waals surface area contributed by atoms with Crippen molar-refractivity contribution in [2.45, 2.75) is 38.8 Å². The molecule has 2 aromatic rings. The van der Waals surface area contributed by atoms with E-state index in [1.54, 1.807) is 6.26 Å². The minimum atomic E-state index is 0.424. The maximum Gasteiger partial charge on any atom is 0.191 e. The highest BCUT2D eigenvalue weighted by atomic mass is 16.5. The van der Waals surface area contributed by atoms with E-state index in [4.69, 9.17) is 9.15 Å². The van der Waals surface area contributed by atoms with E-state index < -0.39 is 0 Å². The van der Waals surface area contributed by atoms with Crippen molar-refractivity contribution in [1.29, 1.82) is 0 Å². The normalized spacial score (nSPS) is 22.8. The summed E-state index contributed by atoms with van der Waals surface area (Å²) in [6, 6.07) is 0. The molecule has 0 radical (unpaired) electrons. The van der Waals surface area contributed by atoms with Crippen LogP contribution in [0.5, 0.6) is 0 Å². The van der Waals surface area contributed by atoms with Crippen molar-refractivity contribution in [3.8, 4) is 0 Å². The van der Waals surface area contributed by atoms with Gasteiger partial charge in [0.15, 0.2) is 5.89 Å². The number of piperidine rings is 1. The maximum atomic E-state index is 5.43. The third-order valence-corrected chi connectivity index (χ3v) is 5.39. The second kappa shape index (κ2) is 7.85. The van der Waals surface area contributed by atoms with Crippen molar-refractivity contribution in [2.75, 3.05) is 39.4 Å².